The average Bonchev–Trinajstić information content (AvgIpc) is 2.95. The van der Waals surface area contributed by atoms with Crippen LogP contribution in [0.25, 0.3) is 0 Å². The lowest BCUT2D eigenvalue weighted by Crippen LogP contribution is -2.12. The van der Waals surface area contributed by atoms with Crippen LogP contribution in [0.1, 0.15) is 207 Å². The maximum Gasteiger partial charge on any atom is 0.399 e. The molecule has 2 atom stereocenters. The summed E-state index contributed by atoms with van der Waals surface area (Å²) in [5, 5.41) is 0. The monoisotopic (exact) mass is 603 g/mol. The highest BCUT2D eigenvalue weighted by atomic mass is 32.3. The van der Waals surface area contributed by atoms with Gasteiger partial charge in [0.1, 0.15) is 0 Å². The molecule has 0 aliphatic heterocycles. The highest BCUT2D eigenvalue weighted by molar-refractivity contribution is 7.81. The van der Waals surface area contributed by atoms with Crippen LogP contribution in [-0.2, 0) is 18.8 Å². The summed E-state index contributed by atoms with van der Waals surface area (Å²) in [6.45, 7) is 9.87. The highest BCUT2D eigenvalue weighted by Crippen LogP contribution is 2.19. The van der Waals surface area contributed by atoms with Crippen LogP contribution in [0, 0.1) is 11.8 Å². The molecule has 248 valence electrons. The molecule has 0 amide bonds. The second-order valence-electron chi connectivity index (χ2n) is 13.2. The van der Waals surface area contributed by atoms with Gasteiger partial charge in [0, 0.05) is 0 Å². The molecule has 0 aliphatic carbocycles. The lowest BCUT2D eigenvalue weighted by atomic mass is 9.97. The minimum Gasteiger partial charge on any atom is -0.248 e. The van der Waals surface area contributed by atoms with E-state index in [2.05, 4.69) is 27.7 Å². The number of hydrogen-bond donors (Lipinski definition) is 0. The van der Waals surface area contributed by atoms with Gasteiger partial charge >= 0.3 is 10.4 Å². The molecule has 0 aliphatic rings. The predicted molar refractivity (Wildman–Crippen MR) is 180 cm³/mol. The van der Waals surface area contributed by atoms with Crippen molar-refractivity contribution in [1.29, 1.82) is 0 Å². The van der Waals surface area contributed by atoms with E-state index in [1.54, 1.807) is 0 Å². The van der Waals surface area contributed by atoms with E-state index in [4.69, 9.17) is 8.37 Å². The van der Waals surface area contributed by atoms with Crippen LogP contribution >= 0.6 is 0 Å². The first-order valence-electron chi connectivity index (χ1n) is 18.4. The van der Waals surface area contributed by atoms with E-state index in [9.17, 15) is 8.42 Å². The second kappa shape index (κ2) is 31.3. The van der Waals surface area contributed by atoms with Gasteiger partial charge in [-0.15, -0.1) is 0 Å². The van der Waals surface area contributed by atoms with Crippen molar-refractivity contribution in [3.8, 4) is 0 Å². The Kier molecular flexibility index (Phi) is 31.2. The first-order chi connectivity index (χ1) is 19.9. The number of hydrogen-bond acceptors (Lipinski definition) is 4. The van der Waals surface area contributed by atoms with Crippen molar-refractivity contribution in [2.45, 2.75) is 207 Å². The second-order valence-corrected chi connectivity index (χ2v) is 14.5. The maximum atomic E-state index is 11.9. The van der Waals surface area contributed by atoms with E-state index in [1.807, 2.05) is 0 Å². The molecule has 0 saturated carbocycles. The van der Waals surface area contributed by atoms with Crippen LogP contribution in [-0.4, -0.2) is 21.6 Å². The van der Waals surface area contributed by atoms with Gasteiger partial charge in [0.25, 0.3) is 0 Å². The summed E-state index contributed by atoms with van der Waals surface area (Å²) in [6, 6.07) is 0. The molecule has 0 rings (SSSR count). The van der Waals surface area contributed by atoms with Crippen molar-refractivity contribution in [2.75, 3.05) is 13.2 Å². The van der Waals surface area contributed by atoms with Crippen molar-refractivity contribution < 1.29 is 16.8 Å². The average molecular weight is 603 g/mol. The van der Waals surface area contributed by atoms with E-state index in [0.717, 1.165) is 50.4 Å². The van der Waals surface area contributed by atoms with E-state index in [0.29, 0.717) is 0 Å². The van der Waals surface area contributed by atoms with Crippen LogP contribution in [0.5, 0.6) is 0 Å². The number of rotatable bonds is 34. The molecule has 4 nitrogen and oxygen atoms in total. The SMILES string of the molecule is CCCCC(C)CCCCCCCCCCCCOS(=O)(=O)OCCCCCCCCCCCCC(C)CCCC. The summed E-state index contributed by atoms with van der Waals surface area (Å²) in [6.07, 6.45) is 35.8. The largest absolute Gasteiger partial charge is 0.399 e. The third-order valence-electron chi connectivity index (χ3n) is 8.74. The minimum absolute atomic E-state index is 0.247. The third-order valence-corrected chi connectivity index (χ3v) is 9.65. The first-order valence-corrected chi connectivity index (χ1v) is 19.8. The molecular weight excluding hydrogens is 528 g/mol. The first kappa shape index (κ1) is 40.9. The number of unbranched alkanes of at least 4 members (excludes halogenated alkanes) is 20. The fourth-order valence-electron chi connectivity index (χ4n) is 5.77. The van der Waals surface area contributed by atoms with Gasteiger partial charge in [-0.1, -0.05) is 195 Å². The summed E-state index contributed by atoms with van der Waals surface area (Å²) in [5.74, 6) is 1.81. The van der Waals surface area contributed by atoms with E-state index < -0.39 is 10.4 Å². The minimum atomic E-state index is -3.83. The van der Waals surface area contributed by atoms with Gasteiger partial charge in [-0.2, -0.15) is 8.42 Å². The molecule has 5 heteroatoms. The Labute approximate surface area is 259 Å². The Hall–Kier alpha value is -0.130. The topological polar surface area (TPSA) is 52.6 Å². The van der Waals surface area contributed by atoms with E-state index in [1.165, 1.54) is 141 Å². The zero-order chi connectivity index (χ0) is 30.3. The molecule has 0 radical (unpaired) electrons. The molecular formula is C36H74O4S. The molecule has 0 heterocycles. The van der Waals surface area contributed by atoms with Gasteiger partial charge in [-0.05, 0) is 24.7 Å². The fraction of sp³-hybridized carbons (Fsp3) is 1.00. The molecule has 0 aromatic rings. The predicted octanol–water partition coefficient (Wildman–Crippen LogP) is 12.5. The lowest BCUT2D eigenvalue weighted by Gasteiger charge is -2.10. The van der Waals surface area contributed by atoms with Crippen molar-refractivity contribution >= 4 is 10.4 Å². The Morgan fingerprint density at radius 2 is 0.634 bits per heavy atom. The van der Waals surface area contributed by atoms with Crippen LogP contribution in [0.4, 0.5) is 0 Å². The Balaban J connectivity index is 3.35. The third kappa shape index (κ3) is 32.6. The van der Waals surface area contributed by atoms with Crippen LogP contribution < -0.4 is 0 Å². The summed E-state index contributed by atoms with van der Waals surface area (Å²) in [5.41, 5.74) is 0. The van der Waals surface area contributed by atoms with Crippen molar-refractivity contribution in [1.82, 2.24) is 0 Å². The molecule has 0 N–H and O–H groups in total. The molecule has 0 fully saturated rings. The molecule has 41 heavy (non-hydrogen) atoms. The molecule has 0 bridgehead atoms. The summed E-state index contributed by atoms with van der Waals surface area (Å²) in [4.78, 5) is 0. The summed E-state index contributed by atoms with van der Waals surface area (Å²) >= 11 is 0. The molecule has 0 aromatic heterocycles. The molecule has 0 saturated heterocycles. The van der Waals surface area contributed by atoms with Gasteiger partial charge < -0.3 is 0 Å². The van der Waals surface area contributed by atoms with Crippen LogP contribution in [0.15, 0.2) is 0 Å². The van der Waals surface area contributed by atoms with Crippen LogP contribution in [0.2, 0.25) is 0 Å². The van der Waals surface area contributed by atoms with Gasteiger partial charge in [-0.25, -0.2) is 8.37 Å². The Morgan fingerprint density at radius 3 is 0.927 bits per heavy atom. The smallest absolute Gasteiger partial charge is 0.248 e. The molecule has 2 unspecified atom stereocenters. The fourth-order valence-corrected chi connectivity index (χ4v) is 6.48. The molecule has 0 spiro atoms. The maximum absolute atomic E-state index is 11.9. The summed E-state index contributed by atoms with van der Waals surface area (Å²) < 4.78 is 33.9. The van der Waals surface area contributed by atoms with Crippen LogP contribution in [0.3, 0.4) is 0 Å². The summed E-state index contributed by atoms with van der Waals surface area (Å²) in [7, 11) is -3.83. The normalized spacial score (nSPS) is 13.6. The zero-order valence-corrected chi connectivity index (χ0v) is 29.2. The Morgan fingerprint density at radius 1 is 0.390 bits per heavy atom. The van der Waals surface area contributed by atoms with Gasteiger partial charge in [0.2, 0.25) is 0 Å². The van der Waals surface area contributed by atoms with Crippen molar-refractivity contribution in [3.05, 3.63) is 0 Å². The van der Waals surface area contributed by atoms with Gasteiger partial charge in [-0.3, -0.25) is 0 Å². The lowest BCUT2D eigenvalue weighted by molar-refractivity contribution is 0.208. The van der Waals surface area contributed by atoms with Crippen molar-refractivity contribution in [2.24, 2.45) is 11.8 Å². The van der Waals surface area contributed by atoms with E-state index >= 15 is 0 Å². The Bertz CT molecular complexity index is 561. The molecule has 0 aromatic carbocycles. The van der Waals surface area contributed by atoms with Crippen molar-refractivity contribution in [3.63, 3.8) is 0 Å². The van der Waals surface area contributed by atoms with Gasteiger partial charge in [0.15, 0.2) is 0 Å². The van der Waals surface area contributed by atoms with E-state index in [-0.39, 0.29) is 13.2 Å². The van der Waals surface area contributed by atoms with Gasteiger partial charge in [0.05, 0.1) is 13.2 Å². The zero-order valence-electron chi connectivity index (χ0n) is 28.4. The quantitative estimate of drug-likeness (QED) is 0.0687. The standard InChI is InChI=1S/C36H74O4S/c1-5-7-29-35(3)31-25-21-17-13-9-11-15-19-23-27-33-39-41(37,38)40-34-28-24-20-16-12-10-14-18-22-26-32-36(4)30-8-6-2/h35-36H,5-34H2,1-4H3. The highest BCUT2D eigenvalue weighted by Gasteiger charge is 2.11.